The van der Waals surface area contributed by atoms with Gasteiger partial charge in [-0.3, -0.25) is 24.0 Å². The Morgan fingerprint density at radius 3 is 2.32 bits per heavy atom. The first-order valence-electron chi connectivity index (χ1n) is 12.4. The molecule has 0 saturated carbocycles. The van der Waals surface area contributed by atoms with Crippen LogP contribution in [0.1, 0.15) is 44.2 Å². The van der Waals surface area contributed by atoms with Crippen molar-refractivity contribution in [2.75, 3.05) is 30.8 Å². The lowest BCUT2D eigenvalue weighted by Gasteiger charge is -2.33. The fraction of sp³-hybridized carbons (Fsp3) is 0.462. The van der Waals surface area contributed by atoms with E-state index in [-0.39, 0.29) is 23.8 Å². The summed E-state index contributed by atoms with van der Waals surface area (Å²) in [4.78, 5) is 38.9. The molecule has 0 spiro atoms. The number of nitrogens with one attached hydrogen (secondary N) is 1. The average Bonchev–Trinajstić information content (AvgIpc) is 2.87. The standard InChI is InChI=1S/C26H36N4O7S/c1-6-8-15-27-26(32)23(7-2)28(17-20-10-13-22(37-4)14-11-20)25(31)18-29(38(5,35)36)24-16-21(30(33)34)12-9-19(24)3/h9-14,16,23H,6-8,15,17-18H2,1-5H3,(H,27,32)/t23-/m1/s1. The van der Waals surface area contributed by atoms with E-state index in [1.807, 2.05) is 6.92 Å². The minimum atomic E-state index is -4.02. The van der Waals surface area contributed by atoms with E-state index >= 15 is 0 Å². The highest BCUT2D eigenvalue weighted by molar-refractivity contribution is 7.92. The summed E-state index contributed by atoms with van der Waals surface area (Å²) in [6.07, 6.45) is 2.90. The molecule has 2 aromatic carbocycles. The highest BCUT2D eigenvalue weighted by atomic mass is 32.2. The number of non-ortho nitro benzene ring substituents is 1. The van der Waals surface area contributed by atoms with Crippen molar-refractivity contribution in [3.63, 3.8) is 0 Å². The highest BCUT2D eigenvalue weighted by Gasteiger charge is 2.32. The summed E-state index contributed by atoms with van der Waals surface area (Å²) < 4.78 is 31.6. The molecule has 0 radical (unpaired) electrons. The first-order valence-corrected chi connectivity index (χ1v) is 14.2. The molecule has 2 amide bonds. The summed E-state index contributed by atoms with van der Waals surface area (Å²) in [6.45, 7) is 5.26. The molecule has 0 aliphatic heterocycles. The van der Waals surface area contributed by atoms with Gasteiger partial charge in [-0.15, -0.1) is 0 Å². The van der Waals surface area contributed by atoms with Crippen LogP contribution in [0.25, 0.3) is 0 Å². The number of nitro benzene ring substituents is 1. The van der Waals surface area contributed by atoms with Gasteiger partial charge in [0.2, 0.25) is 21.8 Å². The van der Waals surface area contributed by atoms with Gasteiger partial charge in [-0.2, -0.15) is 0 Å². The molecule has 0 aliphatic rings. The molecule has 0 heterocycles. The molecule has 0 fully saturated rings. The zero-order valence-electron chi connectivity index (χ0n) is 22.5. The third-order valence-electron chi connectivity index (χ3n) is 6.08. The molecular weight excluding hydrogens is 512 g/mol. The third-order valence-corrected chi connectivity index (χ3v) is 7.21. The second-order valence-electron chi connectivity index (χ2n) is 8.94. The lowest BCUT2D eigenvalue weighted by molar-refractivity contribution is -0.384. The van der Waals surface area contributed by atoms with Crippen molar-refractivity contribution in [1.29, 1.82) is 0 Å². The first kappa shape index (κ1) is 30.6. The maximum Gasteiger partial charge on any atom is 0.271 e. The van der Waals surface area contributed by atoms with Gasteiger partial charge in [0, 0.05) is 25.2 Å². The summed E-state index contributed by atoms with van der Waals surface area (Å²) in [5, 5.41) is 14.2. The molecule has 11 nitrogen and oxygen atoms in total. The minimum absolute atomic E-state index is 0.0277. The van der Waals surface area contributed by atoms with Crippen LogP contribution in [0.15, 0.2) is 42.5 Å². The monoisotopic (exact) mass is 548 g/mol. The van der Waals surface area contributed by atoms with Crippen LogP contribution in [0, 0.1) is 17.0 Å². The average molecular weight is 549 g/mol. The van der Waals surface area contributed by atoms with Crippen molar-refractivity contribution in [3.8, 4) is 5.75 Å². The van der Waals surface area contributed by atoms with Crippen LogP contribution in [0.3, 0.4) is 0 Å². The minimum Gasteiger partial charge on any atom is -0.497 e. The van der Waals surface area contributed by atoms with Gasteiger partial charge in [0.25, 0.3) is 5.69 Å². The zero-order chi connectivity index (χ0) is 28.5. The number of benzene rings is 2. The number of unbranched alkanes of at least 4 members (excludes halogenated alkanes) is 1. The largest absolute Gasteiger partial charge is 0.497 e. The molecule has 0 saturated heterocycles. The second kappa shape index (κ2) is 13.8. The number of amides is 2. The predicted molar refractivity (Wildman–Crippen MR) is 146 cm³/mol. The number of hydrogen-bond acceptors (Lipinski definition) is 7. The van der Waals surface area contributed by atoms with Gasteiger partial charge < -0.3 is 15.0 Å². The highest BCUT2D eigenvalue weighted by Crippen LogP contribution is 2.28. The Balaban J connectivity index is 2.49. The topological polar surface area (TPSA) is 139 Å². The summed E-state index contributed by atoms with van der Waals surface area (Å²) in [7, 11) is -2.48. The molecule has 2 rings (SSSR count). The van der Waals surface area contributed by atoms with Crippen LogP contribution in [-0.4, -0.2) is 62.6 Å². The van der Waals surface area contributed by atoms with Gasteiger partial charge in [0.1, 0.15) is 18.3 Å². The third kappa shape index (κ3) is 8.17. The Labute approximate surface area is 224 Å². The molecule has 0 aromatic heterocycles. The summed E-state index contributed by atoms with van der Waals surface area (Å²) >= 11 is 0. The number of nitro groups is 1. The van der Waals surface area contributed by atoms with Crippen LogP contribution >= 0.6 is 0 Å². The number of ether oxygens (including phenoxy) is 1. The SMILES string of the molecule is CCCCNC(=O)[C@@H](CC)N(Cc1ccc(OC)cc1)C(=O)CN(c1cc([N+](=O)[O-])ccc1C)S(C)(=O)=O. The van der Waals surface area contributed by atoms with E-state index in [9.17, 15) is 28.1 Å². The number of carbonyl (C=O) groups is 2. The van der Waals surface area contributed by atoms with Crippen molar-refractivity contribution in [2.24, 2.45) is 0 Å². The molecule has 0 aliphatic carbocycles. The molecular formula is C26H36N4O7S. The lowest BCUT2D eigenvalue weighted by atomic mass is 10.1. The van der Waals surface area contributed by atoms with Gasteiger partial charge >= 0.3 is 0 Å². The van der Waals surface area contributed by atoms with Gasteiger partial charge in [0.05, 0.1) is 24.0 Å². The maximum absolute atomic E-state index is 13.7. The van der Waals surface area contributed by atoms with Crippen LogP contribution in [0.5, 0.6) is 5.75 Å². The summed E-state index contributed by atoms with van der Waals surface area (Å²) in [5.41, 5.74) is 0.889. The number of rotatable bonds is 14. The zero-order valence-corrected chi connectivity index (χ0v) is 23.3. The van der Waals surface area contributed by atoms with E-state index in [2.05, 4.69) is 5.32 Å². The van der Waals surface area contributed by atoms with Gasteiger partial charge in [-0.1, -0.05) is 38.5 Å². The molecule has 0 bridgehead atoms. The van der Waals surface area contributed by atoms with E-state index in [0.717, 1.165) is 35.0 Å². The van der Waals surface area contributed by atoms with E-state index in [1.54, 1.807) is 38.1 Å². The Morgan fingerprint density at radius 2 is 1.79 bits per heavy atom. The first-order chi connectivity index (χ1) is 17.9. The molecule has 1 N–H and O–H groups in total. The lowest BCUT2D eigenvalue weighted by Crippen LogP contribution is -2.52. The Bertz CT molecular complexity index is 1230. The number of nitrogens with zero attached hydrogens (tertiary/aromatic N) is 3. The van der Waals surface area contributed by atoms with Crippen LogP contribution in [-0.2, 0) is 26.2 Å². The molecule has 208 valence electrons. The van der Waals surface area contributed by atoms with Gasteiger partial charge in [-0.25, -0.2) is 8.42 Å². The van der Waals surface area contributed by atoms with Crippen molar-refractivity contribution < 1.29 is 27.7 Å². The smallest absolute Gasteiger partial charge is 0.271 e. The number of hydrogen-bond donors (Lipinski definition) is 1. The Kier molecular flexibility index (Phi) is 11.1. The number of carbonyl (C=O) groups excluding carboxylic acids is 2. The fourth-order valence-corrected chi connectivity index (χ4v) is 4.83. The van der Waals surface area contributed by atoms with Crippen LogP contribution in [0.2, 0.25) is 0 Å². The Morgan fingerprint density at radius 1 is 1.13 bits per heavy atom. The molecule has 0 unspecified atom stereocenters. The van der Waals surface area contributed by atoms with Crippen molar-refractivity contribution >= 4 is 33.2 Å². The van der Waals surface area contributed by atoms with E-state index in [1.165, 1.54) is 24.1 Å². The van der Waals surface area contributed by atoms with Crippen LogP contribution < -0.4 is 14.4 Å². The van der Waals surface area contributed by atoms with Gasteiger partial charge in [-0.05, 0) is 43.0 Å². The van der Waals surface area contributed by atoms with Crippen molar-refractivity contribution in [2.45, 2.75) is 52.6 Å². The maximum atomic E-state index is 13.7. The summed E-state index contributed by atoms with van der Waals surface area (Å²) in [5.74, 6) is -0.324. The normalized spacial score (nSPS) is 11.9. The second-order valence-corrected chi connectivity index (χ2v) is 10.8. The molecule has 2 aromatic rings. The molecule has 1 atom stereocenters. The number of methoxy groups -OCH3 is 1. The van der Waals surface area contributed by atoms with E-state index < -0.39 is 33.4 Å². The number of aryl methyl sites for hydroxylation is 1. The van der Waals surface area contributed by atoms with Crippen LogP contribution in [0.4, 0.5) is 11.4 Å². The quantitative estimate of drug-likeness (QED) is 0.217. The molecule has 38 heavy (non-hydrogen) atoms. The van der Waals surface area contributed by atoms with Gasteiger partial charge in [0.15, 0.2) is 0 Å². The van der Waals surface area contributed by atoms with E-state index in [4.69, 9.17) is 4.74 Å². The fourth-order valence-electron chi connectivity index (χ4n) is 3.93. The Hall–Kier alpha value is -3.67. The van der Waals surface area contributed by atoms with Crippen molar-refractivity contribution in [3.05, 3.63) is 63.7 Å². The number of sulfonamides is 1. The predicted octanol–water partition coefficient (Wildman–Crippen LogP) is 3.40. The molecule has 12 heteroatoms. The number of anilines is 1. The summed E-state index contributed by atoms with van der Waals surface area (Å²) in [6, 6.07) is 9.97. The van der Waals surface area contributed by atoms with E-state index in [0.29, 0.717) is 24.3 Å². The van der Waals surface area contributed by atoms with Crippen molar-refractivity contribution in [1.82, 2.24) is 10.2 Å².